The molecule has 330 valence electrons. The summed E-state index contributed by atoms with van der Waals surface area (Å²) in [5.74, 6) is -1.10. The third-order valence-electron chi connectivity index (χ3n) is 8.38. The van der Waals surface area contributed by atoms with E-state index in [9.17, 15) is 29.1 Å². The zero-order valence-corrected chi connectivity index (χ0v) is 37.2. The number of hydrogen-bond acceptors (Lipinski definition) is 14. The number of aromatic nitrogens is 3. The zero-order valence-electron chi connectivity index (χ0n) is 35.7. The zero-order chi connectivity index (χ0) is 44.6. The molecule has 6 N–H and O–H groups in total. The van der Waals surface area contributed by atoms with Gasteiger partial charge in [0.15, 0.2) is 0 Å². The molecule has 0 radical (unpaired) electrons. The number of ether oxygens (including phenoxy) is 3. The maximum Gasteiger partial charge on any atom is 0.414 e. The van der Waals surface area contributed by atoms with E-state index in [0.29, 0.717) is 41.4 Å². The number of carbonyl (C=O) groups excluding carboxylic acids is 5. The SMILES string of the molecule is CNC(O)[C@H](CCCCN=C(NC(=O)OC(C)(C)C)NC(=O)OC(C)(C)C)NC(=O)c1csc([C@@H]2C[C@@H](NC(=O)OC(C)(C)C)CN2C(=O)c2cn3cc(Cl)ccc3n2)n1. The number of aliphatic imine (C=N–C) groups is 1. The van der Waals surface area contributed by atoms with Crippen molar-refractivity contribution in [3.8, 4) is 0 Å². The van der Waals surface area contributed by atoms with Gasteiger partial charge in [0.05, 0.1) is 23.1 Å². The van der Waals surface area contributed by atoms with E-state index in [0.717, 1.165) is 0 Å². The number of aliphatic hydroxyl groups excluding tert-OH is 1. The second-order valence-electron chi connectivity index (χ2n) is 17.2. The molecule has 19 nitrogen and oxygen atoms in total. The van der Waals surface area contributed by atoms with E-state index in [-0.39, 0.29) is 30.4 Å². The third kappa shape index (κ3) is 14.9. The summed E-state index contributed by atoms with van der Waals surface area (Å²) in [6.07, 6.45) is 1.39. The summed E-state index contributed by atoms with van der Waals surface area (Å²) in [4.78, 5) is 80.1. The van der Waals surface area contributed by atoms with Crippen LogP contribution >= 0.6 is 22.9 Å². The largest absolute Gasteiger partial charge is 0.444 e. The first-order valence-electron chi connectivity index (χ1n) is 19.5. The third-order valence-corrected chi connectivity index (χ3v) is 9.55. The lowest BCUT2D eigenvalue weighted by Crippen LogP contribution is -2.49. The molecule has 3 aromatic heterocycles. The van der Waals surface area contributed by atoms with Gasteiger partial charge in [-0.3, -0.25) is 30.5 Å². The smallest absolute Gasteiger partial charge is 0.414 e. The number of likely N-dealkylation sites (N-methyl/N-ethyl adjacent to an activating group) is 1. The topological polar surface area (TPSA) is 239 Å². The molecule has 0 spiro atoms. The van der Waals surface area contributed by atoms with Gasteiger partial charge in [-0.1, -0.05) is 11.6 Å². The van der Waals surface area contributed by atoms with Crippen molar-refractivity contribution in [2.45, 2.75) is 129 Å². The van der Waals surface area contributed by atoms with Gasteiger partial charge in [-0.05, 0) is 107 Å². The molecule has 1 saturated heterocycles. The number of unbranched alkanes of at least 4 members (excludes halogenated alkanes) is 1. The minimum Gasteiger partial charge on any atom is -0.444 e. The maximum absolute atomic E-state index is 14.0. The van der Waals surface area contributed by atoms with Gasteiger partial charge in [0.2, 0.25) is 5.96 Å². The average molecular weight is 877 g/mol. The van der Waals surface area contributed by atoms with Crippen LogP contribution in [0.15, 0.2) is 34.9 Å². The van der Waals surface area contributed by atoms with Crippen LogP contribution < -0.4 is 26.6 Å². The van der Waals surface area contributed by atoms with Crippen LogP contribution in [0.25, 0.3) is 5.65 Å². The fourth-order valence-electron chi connectivity index (χ4n) is 5.96. The number of fused-ring (bicyclic) bond motifs is 1. The Morgan fingerprint density at radius 2 is 1.52 bits per heavy atom. The normalized spacial score (nSPS) is 16.7. The number of rotatable bonds is 12. The van der Waals surface area contributed by atoms with Crippen LogP contribution in [-0.4, -0.2) is 116 Å². The molecule has 5 amide bonds. The summed E-state index contributed by atoms with van der Waals surface area (Å²) in [5, 5.41) is 26.6. The number of nitrogens with one attached hydrogen (secondary N) is 5. The lowest BCUT2D eigenvalue weighted by molar-refractivity contribution is 0.0497. The molecule has 1 fully saturated rings. The van der Waals surface area contributed by atoms with Gasteiger partial charge in [-0.15, -0.1) is 11.3 Å². The fourth-order valence-corrected chi connectivity index (χ4v) is 7.06. The van der Waals surface area contributed by atoms with Crippen molar-refractivity contribution >= 4 is 64.6 Å². The van der Waals surface area contributed by atoms with Gasteiger partial charge in [0.1, 0.15) is 45.1 Å². The van der Waals surface area contributed by atoms with Crippen LogP contribution in [0.3, 0.4) is 0 Å². The molecule has 1 unspecified atom stereocenters. The van der Waals surface area contributed by atoms with Crippen LogP contribution in [0, 0.1) is 0 Å². The minimum atomic E-state index is -1.11. The number of carbonyl (C=O) groups is 5. The van der Waals surface area contributed by atoms with Gasteiger partial charge < -0.3 is 39.3 Å². The number of aliphatic hydroxyl groups is 1. The number of pyridine rings is 1. The van der Waals surface area contributed by atoms with Crippen molar-refractivity contribution in [3.63, 3.8) is 0 Å². The molecule has 21 heteroatoms. The predicted molar refractivity (Wildman–Crippen MR) is 225 cm³/mol. The molecular weight excluding hydrogens is 820 g/mol. The van der Waals surface area contributed by atoms with Crippen LogP contribution in [0.2, 0.25) is 5.02 Å². The Bertz CT molecular complexity index is 2000. The highest BCUT2D eigenvalue weighted by Crippen LogP contribution is 2.35. The van der Waals surface area contributed by atoms with Crippen LogP contribution in [0.4, 0.5) is 14.4 Å². The van der Waals surface area contributed by atoms with Crippen molar-refractivity contribution in [2.75, 3.05) is 20.1 Å². The highest BCUT2D eigenvalue weighted by atomic mass is 35.5. The van der Waals surface area contributed by atoms with E-state index < -0.39 is 71.3 Å². The van der Waals surface area contributed by atoms with Crippen molar-refractivity contribution in [2.24, 2.45) is 4.99 Å². The van der Waals surface area contributed by atoms with Crippen molar-refractivity contribution in [3.05, 3.63) is 51.3 Å². The highest BCUT2D eigenvalue weighted by molar-refractivity contribution is 7.09. The summed E-state index contributed by atoms with van der Waals surface area (Å²) in [5.41, 5.74) is -1.54. The monoisotopic (exact) mass is 876 g/mol. The Morgan fingerprint density at radius 3 is 2.12 bits per heavy atom. The summed E-state index contributed by atoms with van der Waals surface area (Å²) >= 11 is 7.34. The van der Waals surface area contributed by atoms with E-state index in [1.165, 1.54) is 11.3 Å². The molecule has 0 bridgehead atoms. The van der Waals surface area contributed by atoms with Gasteiger partial charge in [0, 0.05) is 30.9 Å². The number of halogens is 1. The van der Waals surface area contributed by atoms with E-state index in [1.54, 1.807) is 109 Å². The Balaban J connectivity index is 1.44. The Labute approximate surface area is 358 Å². The van der Waals surface area contributed by atoms with Crippen LogP contribution in [0.5, 0.6) is 0 Å². The number of imidazole rings is 1. The van der Waals surface area contributed by atoms with Gasteiger partial charge in [0.25, 0.3) is 11.8 Å². The Morgan fingerprint density at radius 1 is 0.900 bits per heavy atom. The first kappa shape index (κ1) is 47.6. The molecule has 0 saturated carbocycles. The molecule has 0 aromatic carbocycles. The molecule has 4 rings (SSSR count). The van der Waals surface area contributed by atoms with Gasteiger partial charge >= 0.3 is 18.3 Å². The lowest BCUT2D eigenvalue weighted by atomic mass is 10.1. The summed E-state index contributed by atoms with van der Waals surface area (Å²) in [7, 11) is 1.55. The number of thiazole rings is 1. The summed E-state index contributed by atoms with van der Waals surface area (Å²) in [6.45, 7) is 15.8. The van der Waals surface area contributed by atoms with E-state index >= 15 is 0 Å². The first-order valence-corrected chi connectivity index (χ1v) is 20.8. The maximum atomic E-state index is 14.0. The van der Waals surface area contributed by atoms with Crippen molar-refractivity contribution in [1.29, 1.82) is 0 Å². The average Bonchev–Trinajstić information content (AvgIpc) is 3.86. The lowest BCUT2D eigenvalue weighted by Gasteiger charge is -2.23. The molecule has 60 heavy (non-hydrogen) atoms. The quantitative estimate of drug-likeness (QED) is 0.0456. The van der Waals surface area contributed by atoms with Crippen molar-refractivity contribution in [1.82, 2.24) is 45.9 Å². The van der Waals surface area contributed by atoms with Crippen LogP contribution in [-0.2, 0) is 14.2 Å². The molecule has 1 aliphatic heterocycles. The molecule has 3 aromatic rings. The standard InChI is InChI=1S/C39H57ClN10O9S/c1-37(2,3)57-34(54)43-23-17-27(50(19-23)32(53)25-20-49-18-22(40)14-15-28(49)44-25)31-46-26(21-60-31)30(52)45-24(29(51)41-10)13-11-12-16-42-33(47-35(55)58-38(4,5)6)48-36(56)59-39(7,8)9/h14-15,18,20-21,23-24,27,29,41,51H,11-13,16-17,19H2,1-10H3,(H,43,54)(H,45,52)(H2,42,47,48,55,56)/t23-,24+,27+,29?/m1/s1. The summed E-state index contributed by atoms with van der Waals surface area (Å²) < 4.78 is 17.7. The first-order chi connectivity index (χ1) is 27.9. The Hall–Kier alpha value is -5.05. The van der Waals surface area contributed by atoms with Crippen molar-refractivity contribution < 1.29 is 43.3 Å². The molecule has 4 heterocycles. The number of likely N-dealkylation sites (tertiary alicyclic amines) is 1. The Kier molecular flexibility index (Phi) is 15.9. The van der Waals surface area contributed by atoms with E-state index in [1.807, 2.05) is 0 Å². The predicted octanol–water partition coefficient (Wildman–Crippen LogP) is 5.14. The van der Waals surface area contributed by atoms with Crippen LogP contribution in [0.1, 0.15) is 120 Å². The second kappa shape index (κ2) is 20.0. The van der Waals surface area contributed by atoms with E-state index in [4.69, 9.17) is 25.8 Å². The number of hydrogen-bond donors (Lipinski definition) is 6. The van der Waals surface area contributed by atoms with E-state index in [2.05, 4.69) is 41.5 Å². The van der Waals surface area contributed by atoms with Gasteiger partial charge in [-0.2, -0.15) is 0 Å². The number of guanidine groups is 1. The van der Waals surface area contributed by atoms with Gasteiger partial charge in [-0.25, -0.2) is 24.4 Å². The summed E-state index contributed by atoms with van der Waals surface area (Å²) in [6, 6.07) is 1.52. The fraction of sp³-hybridized carbons (Fsp3) is 0.590. The molecule has 0 aliphatic carbocycles. The molecular formula is C39H57ClN10O9S. The number of amides is 5. The number of nitrogens with zero attached hydrogens (tertiary/aromatic N) is 5. The molecule has 1 aliphatic rings. The number of alkyl carbamates (subject to hydrolysis) is 3. The highest BCUT2D eigenvalue weighted by Gasteiger charge is 2.40. The second-order valence-corrected chi connectivity index (χ2v) is 18.5. The minimum absolute atomic E-state index is 0.0808. The molecule has 4 atom stereocenters.